The Kier molecular flexibility index (Phi) is 4.86. The fourth-order valence-electron chi connectivity index (χ4n) is 1.58. The van der Waals surface area contributed by atoms with Gasteiger partial charge in [-0.1, -0.05) is 15.9 Å². The third-order valence-electron chi connectivity index (χ3n) is 2.42. The number of anilines is 1. The lowest BCUT2D eigenvalue weighted by Crippen LogP contribution is -2.04. The Balaban J connectivity index is 2.44. The van der Waals surface area contributed by atoms with Gasteiger partial charge in [0.1, 0.15) is 4.88 Å². The highest BCUT2D eigenvalue weighted by Gasteiger charge is 2.17. The number of ether oxygens (including phenoxy) is 1. The van der Waals surface area contributed by atoms with Gasteiger partial charge in [0.25, 0.3) is 0 Å². The molecule has 0 bridgehead atoms. The van der Waals surface area contributed by atoms with Gasteiger partial charge < -0.3 is 10.5 Å². The van der Waals surface area contributed by atoms with Gasteiger partial charge in [-0.05, 0) is 53.8 Å². The highest BCUT2D eigenvalue weighted by Crippen LogP contribution is 2.37. The van der Waals surface area contributed by atoms with Crippen LogP contribution in [0.1, 0.15) is 16.6 Å². The van der Waals surface area contributed by atoms with Gasteiger partial charge in [-0.15, -0.1) is 11.3 Å². The maximum Gasteiger partial charge on any atom is 0.350 e. The van der Waals surface area contributed by atoms with Gasteiger partial charge in [-0.25, -0.2) is 4.79 Å². The van der Waals surface area contributed by atoms with Crippen molar-refractivity contribution in [2.24, 2.45) is 0 Å². The van der Waals surface area contributed by atoms with E-state index in [1.165, 1.54) is 11.3 Å². The van der Waals surface area contributed by atoms with Crippen molar-refractivity contribution in [3.63, 3.8) is 0 Å². The van der Waals surface area contributed by atoms with Gasteiger partial charge in [0.15, 0.2) is 0 Å². The van der Waals surface area contributed by atoms with E-state index in [2.05, 4.69) is 38.5 Å². The summed E-state index contributed by atoms with van der Waals surface area (Å²) in [5, 5.41) is 0. The van der Waals surface area contributed by atoms with E-state index in [-0.39, 0.29) is 5.97 Å². The molecule has 0 spiro atoms. The average Bonchev–Trinajstić information content (AvgIpc) is 2.74. The van der Waals surface area contributed by atoms with Gasteiger partial charge in [0.05, 0.1) is 12.3 Å². The van der Waals surface area contributed by atoms with Crippen molar-refractivity contribution in [3.8, 4) is 10.4 Å². The summed E-state index contributed by atoms with van der Waals surface area (Å²) in [7, 11) is 0. The first-order valence-corrected chi connectivity index (χ1v) is 8.23. The highest BCUT2D eigenvalue weighted by atomic mass is 127. The van der Waals surface area contributed by atoms with E-state index in [4.69, 9.17) is 10.5 Å². The average molecular weight is 452 g/mol. The Morgan fingerprint density at radius 1 is 1.47 bits per heavy atom. The summed E-state index contributed by atoms with van der Waals surface area (Å²) < 4.78 is 7.09. The zero-order chi connectivity index (χ0) is 14.0. The molecule has 0 aliphatic rings. The number of carbonyl (C=O) groups is 1. The highest BCUT2D eigenvalue weighted by molar-refractivity contribution is 14.1. The minimum atomic E-state index is -0.360. The second-order valence-corrected chi connectivity index (χ2v) is 6.87. The molecule has 2 N–H and O–H groups in total. The van der Waals surface area contributed by atoms with Crippen LogP contribution in [0, 0.1) is 3.57 Å². The number of halogens is 2. The Morgan fingerprint density at radius 2 is 2.21 bits per heavy atom. The fourth-order valence-corrected chi connectivity index (χ4v) is 3.75. The number of carbonyl (C=O) groups excluding carboxylic acids is 1. The molecule has 0 unspecified atom stereocenters. The Bertz CT molecular complexity index is 627. The number of hydrogen-bond acceptors (Lipinski definition) is 4. The molecule has 3 nitrogen and oxygen atoms in total. The van der Waals surface area contributed by atoms with Gasteiger partial charge in [-0.2, -0.15) is 0 Å². The first-order chi connectivity index (χ1) is 9.02. The van der Waals surface area contributed by atoms with Crippen LogP contribution >= 0.6 is 49.9 Å². The fraction of sp³-hybridized carbons (Fsp3) is 0.154. The molecule has 1 heterocycles. The van der Waals surface area contributed by atoms with Crippen LogP contribution in [0.15, 0.2) is 28.7 Å². The maximum absolute atomic E-state index is 11.8. The molecule has 0 amide bonds. The van der Waals surface area contributed by atoms with Crippen molar-refractivity contribution in [2.75, 3.05) is 12.3 Å². The summed E-state index contributed by atoms with van der Waals surface area (Å²) in [5.41, 5.74) is 7.42. The molecule has 1 aromatic heterocycles. The monoisotopic (exact) mass is 451 g/mol. The standard InChI is InChI=1S/C13H11BrINO2S/c1-2-18-13(17)12-10(16)6-11(19-12)8-5-7(14)3-4-9(8)15/h3-6H,2,16H2,1H3. The molecule has 0 radical (unpaired) electrons. The Morgan fingerprint density at radius 3 is 2.89 bits per heavy atom. The molecule has 0 saturated carbocycles. The first-order valence-electron chi connectivity index (χ1n) is 5.54. The second kappa shape index (κ2) is 6.23. The molecule has 0 aliphatic heterocycles. The maximum atomic E-state index is 11.8. The lowest BCUT2D eigenvalue weighted by molar-refractivity contribution is 0.0533. The number of thiophene rings is 1. The second-order valence-electron chi connectivity index (χ2n) is 3.74. The molecule has 100 valence electrons. The van der Waals surface area contributed by atoms with E-state index >= 15 is 0 Å². The number of hydrogen-bond donors (Lipinski definition) is 1. The minimum absolute atomic E-state index is 0.347. The molecular formula is C13H11BrINO2S. The van der Waals surface area contributed by atoms with Crippen LogP contribution in [-0.2, 0) is 4.74 Å². The van der Waals surface area contributed by atoms with E-state index < -0.39 is 0 Å². The smallest absolute Gasteiger partial charge is 0.350 e. The van der Waals surface area contributed by atoms with Crippen LogP contribution in [-0.4, -0.2) is 12.6 Å². The predicted octanol–water partition coefficient (Wildman–Crippen LogP) is 4.54. The Hall–Kier alpha value is -0.600. The number of nitrogens with two attached hydrogens (primary N) is 1. The Labute approximate surface area is 137 Å². The zero-order valence-electron chi connectivity index (χ0n) is 10.1. The van der Waals surface area contributed by atoms with Gasteiger partial charge in [-0.3, -0.25) is 0 Å². The van der Waals surface area contributed by atoms with Gasteiger partial charge >= 0.3 is 5.97 Å². The van der Waals surface area contributed by atoms with E-state index in [0.717, 1.165) is 18.5 Å². The minimum Gasteiger partial charge on any atom is -0.462 e. The topological polar surface area (TPSA) is 52.3 Å². The zero-order valence-corrected chi connectivity index (χ0v) is 14.6. The molecule has 2 rings (SSSR count). The van der Waals surface area contributed by atoms with Crippen LogP contribution < -0.4 is 5.73 Å². The van der Waals surface area contributed by atoms with Crippen LogP contribution in [0.3, 0.4) is 0 Å². The SMILES string of the molecule is CCOC(=O)c1sc(-c2cc(Br)ccc2I)cc1N. The summed E-state index contributed by atoms with van der Waals surface area (Å²) >= 11 is 7.07. The summed E-state index contributed by atoms with van der Waals surface area (Å²) in [6.45, 7) is 2.12. The van der Waals surface area contributed by atoms with E-state index in [9.17, 15) is 4.79 Å². The van der Waals surface area contributed by atoms with Gasteiger partial charge in [0.2, 0.25) is 0 Å². The summed E-state index contributed by atoms with van der Waals surface area (Å²) in [6.07, 6.45) is 0. The number of benzene rings is 1. The normalized spacial score (nSPS) is 10.5. The first kappa shape index (κ1) is 14.8. The van der Waals surface area contributed by atoms with Crippen molar-refractivity contribution >= 4 is 61.5 Å². The number of rotatable bonds is 3. The molecule has 6 heteroatoms. The molecule has 1 aromatic carbocycles. The van der Waals surface area contributed by atoms with Crippen LogP contribution in [0.25, 0.3) is 10.4 Å². The third kappa shape index (κ3) is 3.29. The van der Waals surface area contributed by atoms with Crippen molar-refractivity contribution in [1.82, 2.24) is 0 Å². The lowest BCUT2D eigenvalue weighted by atomic mass is 10.2. The molecule has 0 atom stereocenters. The van der Waals surface area contributed by atoms with Crippen molar-refractivity contribution in [1.29, 1.82) is 0 Å². The van der Waals surface area contributed by atoms with E-state index in [1.54, 1.807) is 6.92 Å². The molecular weight excluding hydrogens is 441 g/mol. The molecule has 2 aromatic rings. The van der Waals surface area contributed by atoms with Crippen LogP contribution in [0.5, 0.6) is 0 Å². The molecule has 0 aliphatic carbocycles. The largest absolute Gasteiger partial charge is 0.462 e. The molecule has 0 fully saturated rings. The summed E-state index contributed by atoms with van der Waals surface area (Å²) in [5.74, 6) is -0.360. The quantitative estimate of drug-likeness (QED) is 0.550. The van der Waals surface area contributed by atoms with Crippen LogP contribution in [0.4, 0.5) is 5.69 Å². The van der Waals surface area contributed by atoms with Gasteiger partial charge in [0, 0.05) is 18.5 Å². The number of esters is 1. The van der Waals surface area contributed by atoms with Crippen molar-refractivity contribution in [3.05, 3.63) is 37.2 Å². The predicted molar refractivity (Wildman–Crippen MR) is 90.5 cm³/mol. The lowest BCUT2D eigenvalue weighted by Gasteiger charge is -2.02. The van der Waals surface area contributed by atoms with Crippen LogP contribution in [0.2, 0.25) is 0 Å². The third-order valence-corrected chi connectivity index (χ3v) is 5.01. The van der Waals surface area contributed by atoms with E-state index in [0.29, 0.717) is 17.2 Å². The van der Waals surface area contributed by atoms with Crippen molar-refractivity contribution < 1.29 is 9.53 Å². The number of nitrogen functional groups attached to an aromatic ring is 1. The van der Waals surface area contributed by atoms with E-state index in [1.807, 2.05) is 24.3 Å². The molecule has 0 saturated heterocycles. The summed E-state index contributed by atoms with van der Waals surface area (Å²) in [6, 6.07) is 7.83. The summed E-state index contributed by atoms with van der Waals surface area (Å²) in [4.78, 5) is 13.2. The van der Waals surface area contributed by atoms with Crippen molar-refractivity contribution in [2.45, 2.75) is 6.92 Å². The molecule has 19 heavy (non-hydrogen) atoms.